The molecule has 34 heavy (non-hydrogen) atoms. The number of hydrogen-bond donors (Lipinski definition) is 1. The predicted molar refractivity (Wildman–Crippen MR) is 135 cm³/mol. The molecule has 1 aromatic heterocycles. The van der Waals surface area contributed by atoms with Gasteiger partial charge in [-0.3, -0.25) is 9.80 Å². The standard InChI is InChI=1S/C26H42N4O4/c1-20(2)28(5)26-24(25(27-34-26)22-9-7-6-8-10-22)18-30(17-23(31)19-33-21(3)4)12-11-29-13-15-32-16-14-29/h6-10,20-21,23,31H,11-19H2,1-5H3/t23-/m1/s1. The molecule has 8 nitrogen and oxygen atoms in total. The van der Waals surface area contributed by atoms with Crippen LogP contribution in [-0.4, -0.2) is 97.9 Å². The minimum atomic E-state index is -0.571. The van der Waals surface area contributed by atoms with E-state index in [1.807, 2.05) is 39.1 Å². The number of aliphatic hydroxyl groups is 1. The van der Waals surface area contributed by atoms with Crippen molar-refractivity contribution >= 4 is 5.88 Å². The Bertz CT molecular complexity index is 837. The molecule has 0 spiro atoms. The fraction of sp³-hybridized carbons (Fsp3) is 0.654. The number of morpholine rings is 1. The first-order chi connectivity index (χ1) is 16.3. The van der Waals surface area contributed by atoms with Crippen LogP contribution in [0.1, 0.15) is 33.3 Å². The fourth-order valence-electron chi connectivity index (χ4n) is 4.00. The van der Waals surface area contributed by atoms with E-state index in [-0.39, 0.29) is 12.1 Å². The largest absolute Gasteiger partial charge is 0.389 e. The first-order valence-corrected chi connectivity index (χ1v) is 12.4. The van der Waals surface area contributed by atoms with Crippen LogP contribution in [0.15, 0.2) is 34.9 Å². The summed E-state index contributed by atoms with van der Waals surface area (Å²) >= 11 is 0. The maximum Gasteiger partial charge on any atom is 0.232 e. The predicted octanol–water partition coefficient (Wildman–Crippen LogP) is 3.11. The molecular weight excluding hydrogens is 432 g/mol. The molecule has 0 bridgehead atoms. The van der Waals surface area contributed by atoms with Gasteiger partial charge in [0.1, 0.15) is 5.69 Å². The molecule has 1 saturated heterocycles. The second-order valence-corrected chi connectivity index (χ2v) is 9.61. The summed E-state index contributed by atoms with van der Waals surface area (Å²) in [6.45, 7) is 14.9. The molecule has 0 saturated carbocycles. The zero-order chi connectivity index (χ0) is 24.5. The number of aliphatic hydroxyl groups excluding tert-OH is 1. The molecule has 0 unspecified atom stereocenters. The molecule has 1 fully saturated rings. The van der Waals surface area contributed by atoms with Crippen LogP contribution < -0.4 is 4.90 Å². The van der Waals surface area contributed by atoms with Crippen LogP contribution >= 0.6 is 0 Å². The fourth-order valence-corrected chi connectivity index (χ4v) is 4.00. The lowest BCUT2D eigenvalue weighted by atomic mass is 10.1. The van der Waals surface area contributed by atoms with Crippen molar-refractivity contribution in [3.63, 3.8) is 0 Å². The van der Waals surface area contributed by atoms with Gasteiger partial charge in [-0.25, -0.2) is 0 Å². The number of nitrogens with zero attached hydrogens (tertiary/aromatic N) is 4. The third-order valence-electron chi connectivity index (χ3n) is 6.22. The highest BCUT2D eigenvalue weighted by molar-refractivity contribution is 5.68. The van der Waals surface area contributed by atoms with E-state index in [0.29, 0.717) is 19.7 Å². The number of rotatable bonds is 13. The molecule has 190 valence electrons. The summed E-state index contributed by atoms with van der Waals surface area (Å²) in [5.41, 5.74) is 2.93. The zero-order valence-corrected chi connectivity index (χ0v) is 21.4. The van der Waals surface area contributed by atoms with Gasteiger partial charge in [-0.05, 0) is 27.7 Å². The Morgan fingerprint density at radius 1 is 1.12 bits per heavy atom. The van der Waals surface area contributed by atoms with E-state index in [1.165, 1.54) is 0 Å². The summed E-state index contributed by atoms with van der Waals surface area (Å²) in [5, 5.41) is 15.2. The molecule has 3 rings (SSSR count). The second kappa shape index (κ2) is 13.2. The SMILES string of the molecule is CC(C)OC[C@H](O)CN(CCN1CCOCC1)Cc1c(-c2ccccc2)noc1N(C)C(C)C. The normalized spacial score (nSPS) is 16.0. The Kier molecular flexibility index (Phi) is 10.3. The van der Waals surface area contributed by atoms with E-state index in [4.69, 9.17) is 14.0 Å². The smallest absolute Gasteiger partial charge is 0.232 e. The Hall–Kier alpha value is -1.97. The summed E-state index contributed by atoms with van der Waals surface area (Å²) in [6, 6.07) is 10.4. The first kappa shape index (κ1) is 26.6. The third kappa shape index (κ3) is 7.78. The van der Waals surface area contributed by atoms with Crippen LogP contribution in [0.3, 0.4) is 0 Å². The monoisotopic (exact) mass is 474 g/mol. The van der Waals surface area contributed by atoms with Crippen LogP contribution in [0.5, 0.6) is 0 Å². The van der Waals surface area contributed by atoms with Gasteiger partial charge in [-0.2, -0.15) is 0 Å². The van der Waals surface area contributed by atoms with Crippen molar-refractivity contribution in [3.8, 4) is 11.3 Å². The van der Waals surface area contributed by atoms with Crippen molar-refractivity contribution in [3.05, 3.63) is 35.9 Å². The van der Waals surface area contributed by atoms with Gasteiger partial charge in [0.05, 0.1) is 37.6 Å². The van der Waals surface area contributed by atoms with Gasteiger partial charge in [0.25, 0.3) is 0 Å². The maximum absolute atomic E-state index is 10.7. The Morgan fingerprint density at radius 3 is 2.47 bits per heavy atom. The highest BCUT2D eigenvalue weighted by Gasteiger charge is 2.25. The van der Waals surface area contributed by atoms with Crippen LogP contribution in [0.25, 0.3) is 11.3 Å². The summed E-state index contributed by atoms with van der Waals surface area (Å²) in [7, 11) is 2.03. The van der Waals surface area contributed by atoms with E-state index in [0.717, 1.165) is 62.1 Å². The maximum atomic E-state index is 10.7. The average molecular weight is 475 g/mol. The Labute approximate surface area is 204 Å². The van der Waals surface area contributed by atoms with Crippen LogP contribution in [-0.2, 0) is 16.0 Å². The van der Waals surface area contributed by atoms with Crippen molar-refractivity contribution in [2.24, 2.45) is 0 Å². The highest BCUT2D eigenvalue weighted by Crippen LogP contribution is 2.32. The number of hydrogen-bond acceptors (Lipinski definition) is 8. The van der Waals surface area contributed by atoms with E-state index >= 15 is 0 Å². The van der Waals surface area contributed by atoms with Gasteiger partial charge in [-0.15, -0.1) is 0 Å². The zero-order valence-electron chi connectivity index (χ0n) is 21.4. The lowest BCUT2D eigenvalue weighted by molar-refractivity contribution is -0.0128. The van der Waals surface area contributed by atoms with E-state index in [1.54, 1.807) is 0 Å². The summed E-state index contributed by atoms with van der Waals surface area (Å²) in [4.78, 5) is 6.83. The van der Waals surface area contributed by atoms with E-state index < -0.39 is 6.10 Å². The molecule has 0 amide bonds. The van der Waals surface area contributed by atoms with Crippen LogP contribution in [0.2, 0.25) is 0 Å². The van der Waals surface area contributed by atoms with Gasteiger partial charge < -0.3 is 24.0 Å². The lowest BCUT2D eigenvalue weighted by Crippen LogP contribution is -2.43. The molecule has 1 N–H and O–H groups in total. The number of benzene rings is 1. The Morgan fingerprint density at radius 2 is 1.82 bits per heavy atom. The Balaban J connectivity index is 1.83. The lowest BCUT2D eigenvalue weighted by Gasteiger charge is -2.31. The number of aromatic nitrogens is 1. The van der Waals surface area contributed by atoms with Gasteiger partial charge >= 0.3 is 0 Å². The molecule has 1 aliphatic heterocycles. The van der Waals surface area contributed by atoms with E-state index in [2.05, 4.69) is 45.8 Å². The average Bonchev–Trinajstić information content (AvgIpc) is 3.25. The minimum Gasteiger partial charge on any atom is -0.389 e. The quantitative estimate of drug-likeness (QED) is 0.475. The van der Waals surface area contributed by atoms with Crippen molar-refractivity contribution in [2.75, 3.05) is 64.5 Å². The van der Waals surface area contributed by atoms with Gasteiger partial charge in [0, 0.05) is 57.9 Å². The van der Waals surface area contributed by atoms with Gasteiger partial charge in [0.2, 0.25) is 5.88 Å². The molecule has 8 heteroatoms. The number of ether oxygens (including phenoxy) is 2. The first-order valence-electron chi connectivity index (χ1n) is 12.4. The minimum absolute atomic E-state index is 0.0884. The molecular formula is C26H42N4O4. The number of anilines is 1. The summed E-state index contributed by atoms with van der Waals surface area (Å²) in [6.07, 6.45) is -0.482. The van der Waals surface area contributed by atoms with Crippen molar-refractivity contribution in [1.82, 2.24) is 15.0 Å². The molecule has 1 atom stereocenters. The van der Waals surface area contributed by atoms with Gasteiger partial charge in [0.15, 0.2) is 0 Å². The molecule has 2 heterocycles. The van der Waals surface area contributed by atoms with Crippen molar-refractivity contribution in [1.29, 1.82) is 0 Å². The summed E-state index contributed by atoms with van der Waals surface area (Å²) in [5.74, 6) is 0.776. The molecule has 1 aromatic carbocycles. The summed E-state index contributed by atoms with van der Waals surface area (Å²) < 4.78 is 17.1. The van der Waals surface area contributed by atoms with Crippen molar-refractivity contribution in [2.45, 2.75) is 52.5 Å². The van der Waals surface area contributed by atoms with Crippen molar-refractivity contribution < 1.29 is 19.1 Å². The second-order valence-electron chi connectivity index (χ2n) is 9.61. The highest BCUT2D eigenvalue weighted by atomic mass is 16.5. The molecule has 1 aliphatic rings. The van der Waals surface area contributed by atoms with Crippen LogP contribution in [0, 0.1) is 0 Å². The van der Waals surface area contributed by atoms with E-state index in [9.17, 15) is 5.11 Å². The molecule has 0 radical (unpaired) electrons. The van der Waals surface area contributed by atoms with Crippen LogP contribution in [0.4, 0.5) is 5.88 Å². The molecule has 2 aromatic rings. The van der Waals surface area contributed by atoms with Gasteiger partial charge in [-0.1, -0.05) is 35.5 Å². The topological polar surface area (TPSA) is 74.4 Å². The molecule has 0 aliphatic carbocycles. The third-order valence-corrected chi connectivity index (χ3v) is 6.22.